The standard InChI is InChI=1S/C24H32N2/c1-17(2)26-14-12-20-7-5-6-8-23(20)21-9-10-22(19(4)15-21)24-16-25-13-11-18(24)3/h5-10,15,18,24-26H,1,11-14,16H2,2-4H3. The summed E-state index contributed by atoms with van der Waals surface area (Å²) in [5, 5.41) is 6.90. The van der Waals surface area contributed by atoms with Crippen LogP contribution in [0.25, 0.3) is 11.1 Å². The van der Waals surface area contributed by atoms with Crippen LogP contribution in [0.5, 0.6) is 0 Å². The summed E-state index contributed by atoms with van der Waals surface area (Å²) in [5.74, 6) is 1.38. The number of piperidine rings is 1. The van der Waals surface area contributed by atoms with Crippen molar-refractivity contribution in [1.82, 2.24) is 10.6 Å². The molecule has 3 rings (SSSR count). The Labute approximate surface area is 158 Å². The van der Waals surface area contributed by atoms with Crippen molar-refractivity contribution in [2.75, 3.05) is 19.6 Å². The molecule has 1 aliphatic rings. The fraction of sp³-hybridized carbons (Fsp3) is 0.417. The molecule has 2 heteroatoms. The van der Waals surface area contributed by atoms with Gasteiger partial charge in [-0.3, -0.25) is 0 Å². The first kappa shape index (κ1) is 18.7. The molecule has 1 saturated heterocycles. The van der Waals surface area contributed by atoms with E-state index < -0.39 is 0 Å². The number of rotatable bonds is 6. The maximum atomic E-state index is 3.92. The summed E-state index contributed by atoms with van der Waals surface area (Å²) in [6.45, 7) is 13.8. The lowest BCUT2D eigenvalue weighted by atomic mass is 9.80. The third-order valence-electron chi connectivity index (χ3n) is 5.65. The molecule has 0 aliphatic carbocycles. The minimum atomic E-state index is 0.632. The van der Waals surface area contributed by atoms with Gasteiger partial charge in [0.05, 0.1) is 0 Å². The summed E-state index contributed by atoms with van der Waals surface area (Å²) in [6.07, 6.45) is 2.28. The molecule has 0 aromatic heterocycles. The van der Waals surface area contributed by atoms with Crippen LogP contribution in [0.4, 0.5) is 0 Å². The van der Waals surface area contributed by atoms with Crippen LogP contribution in [0.3, 0.4) is 0 Å². The minimum absolute atomic E-state index is 0.632. The molecule has 2 nitrogen and oxygen atoms in total. The van der Waals surface area contributed by atoms with Crippen LogP contribution in [-0.2, 0) is 6.42 Å². The highest BCUT2D eigenvalue weighted by molar-refractivity contribution is 5.68. The van der Waals surface area contributed by atoms with Crippen LogP contribution in [-0.4, -0.2) is 19.6 Å². The highest BCUT2D eigenvalue weighted by Gasteiger charge is 2.24. The molecule has 138 valence electrons. The summed E-state index contributed by atoms with van der Waals surface area (Å²) >= 11 is 0. The quantitative estimate of drug-likeness (QED) is 0.764. The summed E-state index contributed by atoms with van der Waals surface area (Å²) < 4.78 is 0. The number of allylic oxidation sites excluding steroid dienone is 1. The summed E-state index contributed by atoms with van der Waals surface area (Å²) in [6, 6.07) is 15.8. The first-order chi connectivity index (χ1) is 12.6. The predicted molar refractivity (Wildman–Crippen MR) is 113 cm³/mol. The van der Waals surface area contributed by atoms with E-state index >= 15 is 0 Å². The molecule has 1 aliphatic heterocycles. The first-order valence-electron chi connectivity index (χ1n) is 9.85. The Bertz CT molecular complexity index is 763. The minimum Gasteiger partial charge on any atom is -0.389 e. The Morgan fingerprint density at radius 3 is 2.77 bits per heavy atom. The van der Waals surface area contributed by atoms with Gasteiger partial charge in [-0.25, -0.2) is 0 Å². The van der Waals surface area contributed by atoms with Crippen LogP contribution < -0.4 is 10.6 Å². The highest BCUT2D eigenvalue weighted by Crippen LogP contribution is 2.34. The van der Waals surface area contributed by atoms with Crippen LogP contribution in [0.15, 0.2) is 54.7 Å². The average molecular weight is 349 g/mol. The van der Waals surface area contributed by atoms with E-state index in [9.17, 15) is 0 Å². The molecule has 0 radical (unpaired) electrons. The molecule has 0 amide bonds. The fourth-order valence-corrected chi connectivity index (χ4v) is 4.10. The van der Waals surface area contributed by atoms with Gasteiger partial charge in [0.25, 0.3) is 0 Å². The smallest absolute Gasteiger partial charge is 0.0184 e. The zero-order valence-corrected chi connectivity index (χ0v) is 16.4. The molecule has 2 unspecified atom stereocenters. The van der Waals surface area contributed by atoms with Gasteiger partial charge in [0.15, 0.2) is 0 Å². The first-order valence-corrected chi connectivity index (χ1v) is 9.85. The Morgan fingerprint density at radius 2 is 2.04 bits per heavy atom. The van der Waals surface area contributed by atoms with Gasteiger partial charge in [-0.15, -0.1) is 0 Å². The van der Waals surface area contributed by atoms with E-state index in [4.69, 9.17) is 0 Å². The lowest BCUT2D eigenvalue weighted by Gasteiger charge is -2.31. The van der Waals surface area contributed by atoms with Gasteiger partial charge >= 0.3 is 0 Å². The fourth-order valence-electron chi connectivity index (χ4n) is 4.10. The summed E-state index contributed by atoms with van der Waals surface area (Å²) in [7, 11) is 0. The van der Waals surface area contributed by atoms with E-state index in [1.165, 1.54) is 34.2 Å². The van der Waals surface area contributed by atoms with Crippen LogP contribution in [0, 0.1) is 12.8 Å². The zero-order valence-electron chi connectivity index (χ0n) is 16.4. The van der Waals surface area contributed by atoms with Gasteiger partial charge in [-0.05, 0) is 72.9 Å². The second kappa shape index (κ2) is 8.55. The van der Waals surface area contributed by atoms with E-state index in [-0.39, 0.29) is 0 Å². The van der Waals surface area contributed by atoms with Crippen LogP contribution in [0.1, 0.15) is 42.9 Å². The monoisotopic (exact) mass is 348 g/mol. The third kappa shape index (κ3) is 4.37. The molecule has 0 bridgehead atoms. The van der Waals surface area contributed by atoms with Gasteiger partial charge in [-0.1, -0.05) is 56.0 Å². The van der Waals surface area contributed by atoms with Gasteiger partial charge in [0, 0.05) is 18.8 Å². The number of hydrogen-bond acceptors (Lipinski definition) is 2. The normalized spacial score (nSPS) is 20.0. The van der Waals surface area contributed by atoms with Gasteiger partial charge in [0.1, 0.15) is 0 Å². The summed E-state index contributed by atoms with van der Waals surface area (Å²) in [5.41, 5.74) is 8.01. The Kier molecular flexibility index (Phi) is 6.16. The molecule has 1 fully saturated rings. The van der Waals surface area contributed by atoms with E-state index in [2.05, 4.69) is 73.5 Å². The molecule has 26 heavy (non-hydrogen) atoms. The molecule has 2 aromatic carbocycles. The number of nitrogens with one attached hydrogen (secondary N) is 2. The SMILES string of the molecule is C=C(C)NCCc1ccccc1-c1ccc(C2CNCCC2C)c(C)c1. The highest BCUT2D eigenvalue weighted by atomic mass is 14.9. The second-order valence-electron chi connectivity index (χ2n) is 7.76. The van der Waals surface area contributed by atoms with Crippen LogP contribution in [0.2, 0.25) is 0 Å². The molecular formula is C24H32N2. The maximum absolute atomic E-state index is 3.92. The van der Waals surface area contributed by atoms with E-state index in [1.54, 1.807) is 0 Å². The van der Waals surface area contributed by atoms with E-state index in [1.807, 2.05) is 6.92 Å². The topological polar surface area (TPSA) is 24.1 Å². The molecule has 0 saturated carbocycles. The molecule has 2 N–H and O–H groups in total. The molecule has 2 atom stereocenters. The van der Waals surface area contributed by atoms with Crippen molar-refractivity contribution < 1.29 is 0 Å². The van der Waals surface area contributed by atoms with Crippen molar-refractivity contribution in [3.05, 3.63) is 71.4 Å². The third-order valence-corrected chi connectivity index (χ3v) is 5.65. The van der Waals surface area contributed by atoms with Gasteiger partial charge in [-0.2, -0.15) is 0 Å². The largest absolute Gasteiger partial charge is 0.389 e. The lowest BCUT2D eigenvalue weighted by molar-refractivity contribution is 0.347. The van der Waals surface area contributed by atoms with E-state index in [0.29, 0.717) is 5.92 Å². The Morgan fingerprint density at radius 1 is 1.23 bits per heavy atom. The second-order valence-corrected chi connectivity index (χ2v) is 7.76. The maximum Gasteiger partial charge on any atom is 0.0184 e. The van der Waals surface area contributed by atoms with Crippen molar-refractivity contribution in [2.45, 2.75) is 39.5 Å². The van der Waals surface area contributed by atoms with E-state index in [0.717, 1.165) is 37.7 Å². The summed E-state index contributed by atoms with van der Waals surface area (Å²) in [4.78, 5) is 0. The Balaban J connectivity index is 1.84. The van der Waals surface area contributed by atoms with Gasteiger partial charge in [0.2, 0.25) is 0 Å². The van der Waals surface area contributed by atoms with Crippen molar-refractivity contribution >= 4 is 0 Å². The molecule has 1 heterocycles. The lowest BCUT2D eigenvalue weighted by Crippen LogP contribution is -2.34. The van der Waals surface area contributed by atoms with Crippen LogP contribution >= 0.6 is 0 Å². The van der Waals surface area contributed by atoms with Crippen molar-refractivity contribution in [2.24, 2.45) is 5.92 Å². The molecule has 0 spiro atoms. The number of benzene rings is 2. The number of hydrogen-bond donors (Lipinski definition) is 2. The van der Waals surface area contributed by atoms with Crippen molar-refractivity contribution in [3.8, 4) is 11.1 Å². The van der Waals surface area contributed by atoms with Crippen molar-refractivity contribution in [1.29, 1.82) is 0 Å². The number of aryl methyl sites for hydroxylation is 1. The van der Waals surface area contributed by atoms with Gasteiger partial charge < -0.3 is 10.6 Å². The van der Waals surface area contributed by atoms with Crippen molar-refractivity contribution in [3.63, 3.8) is 0 Å². The zero-order chi connectivity index (χ0) is 18.5. The molecular weight excluding hydrogens is 316 g/mol. The predicted octanol–water partition coefficient (Wildman–Crippen LogP) is 5.04. The average Bonchev–Trinajstić information content (AvgIpc) is 2.62. The Hall–Kier alpha value is -2.06. The molecule has 2 aromatic rings.